The molecule has 0 bridgehead atoms. The van der Waals surface area contributed by atoms with Crippen molar-refractivity contribution in [3.8, 4) is 0 Å². The molecule has 0 fully saturated rings. The average molecular weight is 163 g/mol. The summed E-state index contributed by atoms with van der Waals surface area (Å²) in [5, 5.41) is 0. The second-order valence-corrected chi connectivity index (χ2v) is 2.69. The third kappa shape index (κ3) is 1.99. The number of hydrogen-bond donors (Lipinski definition) is 2. The van der Waals surface area contributed by atoms with E-state index in [2.05, 4.69) is 4.98 Å². The minimum atomic E-state index is 0.628. The maximum Gasteiger partial charge on any atom is 0.0491 e. The summed E-state index contributed by atoms with van der Waals surface area (Å²) in [5.74, 6) is 0. The fraction of sp³-hybridized carbons (Fsp3) is 0.222. The van der Waals surface area contributed by atoms with Gasteiger partial charge in [0.2, 0.25) is 0 Å². The Hall–Kier alpha value is -1.51. The molecule has 0 aliphatic rings. The summed E-state index contributed by atoms with van der Waals surface area (Å²) in [7, 11) is 0. The van der Waals surface area contributed by atoms with Crippen LogP contribution in [0.3, 0.4) is 0 Å². The van der Waals surface area contributed by atoms with Crippen molar-refractivity contribution in [2.45, 2.75) is 13.3 Å². The second kappa shape index (κ2) is 3.76. The van der Waals surface area contributed by atoms with Crippen LogP contribution in [-0.2, 0) is 6.42 Å². The second-order valence-electron chi connectivity index (χ2n) is 2.69. The minimum Gasteiger partial charge on any atom is -0.403 e. The van der Waals surface area contributed by atoms with Crippen molar-refractivity contribution in [3.05, 3.63) is 41.5 Å². The van der Waals surface area contributed by atoms with E-state index in [9.17, 15) is 0 Å². The van der Waals surface area contributed by atoms with Crippen molar-refractivity contribution >= 4 is 0 Å². The zero-order chi connectivity index (χ0) is 8.97. The Morgan fingerprint density at radius 3 is 3.00 bits per heavy atom. The molecule has 1 heterocycles. The predicted molar refractivity (Wildman–Crippen MR) is 49.1 cm³/mol. The SMILES string of the molecule is Cc1cccnc1CC(N)=CN. The number of nitrogens with zero attached hydrogens (tertiary/aromatic N) is 1. The van der Waals surface area contributed by atoms with E-state index in [4.69, 9.17) is 11.5 Å². The van der Waals surface area contributed by atoms with E-state index >= 15 is 0 Å². The topological polar surface area (TPSA) is 64.9 Å². The summed E-state index contributed by atoms with van der Waals surface area (Å²) in [6.07, 6.45) is 3.80. The number of aromatic nitrogens is 1. The summed E-state index contributed by atoms with van der Waals surface area (Å²) in [6.45, 7) is 2.01. The highest BCUT2D eigenvalue weighted by Crippen LogP contribution is 2.05. The smallest absolute Gasteiger partial charge is 0.0491 e. The van der Waals surface area contributed by atoms with Crippen LogP contribution >= 0.6 is 0 Å². The van der Waals surface area contributed by atoms with Gasteiger partial charge in [0.15, 0.2) is 0 Å². The molecule has 0 aliphatic heterocycles. The van der Waals surface area contributed by atoms with Crippen LogP contribution in [0.4, 0.5) is 0 Å². The van der Waals surface area contributed by atoms with Gasteiger partial charge in [-0.1, -0.05) is 6.07 Å². The summed E-state index contributed by atoms with van der Waals surface area (Å²) in [5.41, 5.74) is 13.6. The van der Waals surface area contributed by atoms with Gasteiger partial charge in [-0.25, -0.2) is 0 Å². The fourth-order valence-corrected chi connectivity index (χ4v) is 0.956. The molecule has 0 aliphatic carbocycles. The zero-order valence-electron chi connectivity index (χ0n) is 7.12. The number of aryl methyl sites for hydroxylation is 1. The molecule has 3 heteroatoms. The van der Waals surface area contributed by atoms with Gasteiger partial charge >= 0.3 is 0 Å². The van der Waals surface area contributed by atoms with Crippen LogP contribution in [0.1, 0.15) is 11.3 Å². The molecular formula is C9H13N3. The van der Waals surface area contributed by atoms with Crippen LogP contribution in [0.25, 0.3) is 0 Å². The highest BCUT2D eigenvalue weighted by atomic mass is 14.7. The maximum atomic E-state index is 5.57. The molecular weight excluding hydrogens is 150 g/mol. The average Bonchev–Trinajstić information content (AvgIpc) is 2.09. The van der Waals surface area contributed by atoms with Crippen molar-refractivity contribution in [2.75, 3.05) is 0 Å². The molecule has 4 N–H and O–H groups in total. The summed E-state index contributed by atoms with van der Waals surface area (Å²) in [6, 6.07) is 3.91. The predicted octanol–water partition coefficient (Wildman–Crippen LogP) is 0.691. The van der Waals surface area contributed by atoms with Gasteiger partial charge in [-0.15, -0.1) is 0 Å². The lowest BCUT2D eigenvalue weighted by molar-refractivity contribution is 0.998. The van der Waals surface area contributed by atoms with Gasteiger partial charge in [0.05, 0.1) is 0 Å². The van der Waals surface area contributed by atoms with E-state index < -0.39 is 0 Å². The van der Waals surface area contributed by atoms with Gasteiger partial charge in [0.25, 0.3) is 0 Å². The molecule has 0 amide bonds. The van der Waals surface area contributed by atoms with E-state index in [1.807, 2.05) is 19.1 Å². The van der Waals surface area contributed by atoms with Crippen molar-refractivity contribution in [3.63, 3.8) is 0 Å². The van der Waals surface area contributed by atoms with Crippen molar-refractivity contribution in [1.29, 1.82) is 0 Å². The molecule has 3 nitrogen and oxygen atoms in total. The summed E-state index contributed by atoms with van der Waals surface area (Å²) in [4.78, 5) is 4.19. The maximum absolute atomic E-state index is 5.57. The molecule has 0 atom stereocenters. The first-order valence-corrected chi connectivity index (χ1v) is 3.80. The summed E-state index contributed by atoms with van der Waals surface area (Å²) >= 11 is 0. The Balaban J connectivity index is 2.82. The molecule has 0 unspecified atom stereocenters. The number of pyridine rings is 1. The number of nitrogens with two attached hydrogens (primary N) is 2. The monoisotopic (exact) mass is 163 g/mol. The van der Waals surface area contributed by atoms with Gasteiger partial charge in [0.1, 0.15) is 0 Å². The molecule has 1 aromatic heterocycles. The molecule has 0 saturated heterocycles. The lowest BCUT2D eigenvalue weighted by Gasteiger charge is -2.02. The third-order valence-corrected chi connectivity index (χ3v) is 1.70. The first-order chi connectivity index (χ1) is 5.74. The van der Waals surface area contributed by atoms with Gasteiger partial charge in [-0.2, -0.15) is 0 Å². The normalized spacial score (nSPS) is 11.6. The molecule has 64 valence electrons. The lowest BCUT2D eigenvalue weighted by atomic mass is 10.1. The van der Waals surface area contributed by atoms with Gasteiger partial charge in [0, 0.05) is 30.2 Å². The Morgan fingerprint density at radius 1 is 1.67 bits per heavy atom. The highest BCUT2D eigenvalue weighted by Gasteiger charge is 1.98. The fourth-order valence-electron chi connectivity index (χ4n) is 0.956. The molecule has 0 spiro atoms. The van der Waals surface area contributed by atoms with Gasteiger partial charge < -0.3 is 11.5 Å². The van der Waals surface area contributed by atoms with Crippen molar-refractivity contribution < 1.29 is 0 Å². The molecule has 0 radical (unpaired) electrons. The molecule has 1 rings (SSSR count). The summed E-state index contributed by atoms with van der Waals surface area (Å²) < 4.78 is 0. The van der Waals surface area contributed by atoms with Gasteiger partial charge in [-0.3, -0.25) is 4.98 Å². The standard InChI is InChI=1S/C9H13N3/c1-7-3-2-4-12-9(7)5-8(11)6-10/h2-4,6H,5,10-11H2,1H3. The zero-order valence-corrected chi connectivity index (χ0v) is 7.12. The quantitative estimate of drug-likeness (QED) is 0.674. The Morgan fingerprint density at radius 2 is 2.42 bits per heavy atom. The largest absolute Gasteiger partial charge is 0.403 e. The van der Waals surface area contributed by atoms with Crippen LogP contribution in [0.2, 0.25) is 0 Å². The number of hydrogen-bond acceptors (Lipinski definition) is 3. The van der Waals surface area contributed by atoms with Crippen LogP contribution in [-0.4, -0.2) is 4.98 Å². The lowest BCUT2D eigenvalue weighted by Crippen LogP contribution is -2.06. The molecule has 1 aromatic rings. The number of rotatable bonds is 2. The van der Waals surface area contributed by atoms with Crippen LogP contribution in [0.15, 0.2) is 30.2 Å². The van der Waals surface area contributed by atoms with E-state index in [1.54, 1.807) is 6.20 Å². The first-order valence-electron chi connectivity index (χ1n) is 3.80. The van der Waals surface area contributed by atoms with E-state index in [1.165, 1.54) is 6.20 Å². The van der Waals surface area contributed by atoms with Crippen molar-refractivity contribution in [1.82, 2.24) is 4.98 Å². The van der Waals surface area contributed by atoms with E-state index in [0.717, 1.165) is 11.3 Å². The number of allylic oxidation sites excluding steroid dienone is 1. The highest BCUT2D eigenvalue weighted by molar-refractivity contribution is 5.21. The van der Waals surface area contributed by atoms with Crippen LogP contribution in [0, 0.1) is 6.92 Å². The Kier molecular flexibility index (Phi) is 2.69. The van der Waals surface area contributed by atoms with Crippen molar-refractivity contribution in [2.24, 2.45) is 11.5 Å². The molecule has 12 heavy (non-hydrogen) atoms. The third-order valence-electron chi connectivity index (χ3n) is 1.70. The molecule has 0 aromatic carbocycles. The van der Waals surface area contributed by atoms with E-state index in [-0.39, 0.29) is 0 Å². The van der Waals surface area contributed by atoms with Gasteiger partial charge in [-0.05, 0) is 18.6 Å². The van der Waals surface area contributed by atoms with Crippen LogP contribution < -0.4 is 11.5 Å². The van der Waals surface area contributed by atoms with Crippen LogP contribution in [0.5, 0.6) is 0 Å². The Bertz CT molecular complexity index is 292. The minimum absolute atomic E-state index is 0.628. The first kappa shape index (κ1) is 8.59. The molecule has 0 saturated carbocycles. The van der Waals surface area contributed by atoms with E-state index in [0.29, 0.717) is 12.1 Å². The Labute approximate surface area is 72.1 Å².